The highest BCUT2D eigenvalue weighted by molar-refractivity contribution is 6.31. The Morgan fingerprint density at radius 3 is 2.88 bits per heavy atom. The van der Waals surface area contributed by atoms with Crippen molar-refractivity contribution in [3.8, 4) is 6.07 Å². The molecular weight excluding hydrogens is 222 g/mol. The zero-order valence-electron chi connectivity index (χ0n) is 8.81. The van der Waals surface area contributed by atoms with Crippen LogP contribution >= 0.6 is 11.6 Å². The molecule has 0 aliphatic heterocycles. The lowest BCUT2D eigenvalue weighted by Gasteiger charge is -2.05. The van der Waals surface area contributed by atoms with Crippen LogP contribution in [0.4, 0.5) is 0 Å². The van der Waals surface area contributed by atoms with Gasteiger partial charge in [0.2, 0.25) is 0 Å². The third-order valence-electron chi connectivity index (χ3n) is 2.43. The third kappa shape index (κ3) is 1.93. The van der Waals surface area contributed by atoms with Gasteiger partial charge in [0.15, 0.2) is 0 Å². The predicted molar refractivity (Wildman–Crippen MR) is 62.2 cm³/mol. The molecular formula is C12H10ClN3. The molecule has 1 aromatic carbocycles. The molecule has 0 fully saturated rings. The van der Waals surface area contributed by atoms with E-state index < -0.39 is 0 Å². The summed E-state index contributed by atoms with van der Waals surface area (Å²) >= 11 is 6.06. The van der Waals surface area contributed by atoms with Crippen LogP contribution < -0.4 is 0 Å². The van der Waals surface area contributed by atoms with Gasteiger partial charge >= 0.3 is 0 Å². The Morgan fingerprint density at radius 2 is 2.19 bits per heavy atom. The number of halogens is 1. The number of benzene rings is 1. The topological polar surface area (TPSA) is 41.6 Å². The Kier molecular flexibility index (Phi) is 2.93. The lowest BCUT2D eigenvalue weighted by atomic mass is 10.2. The van der Waals surface area contributed by atoms with Gasteiger partial charge in [0.1, 0.15) is 11.8 Å². The highest BCUT2D eigenvalue weighted by Gasteiger charge is 2.07. The quantitative estimate of drug-likeness (QED) is 0.798. The molecule has 0 amide bonds. The number of rotatable bonds is 2. The standard InChI is InChI=1S/C12H10ClN3/c1-9-12(6-14)16(8-15-9)7-10-4-2-3-5-11(10)13/h2-5,8H,7H2,1H3. The van der Waals surface area contributed by atoms with Crippen molar-refractivity contribution in [3.05, 3.63) is 52.6 Å². The van der Waals surface area contributed by atoms with Crippen LogP contribution in [0.1, 0.15) is 17.0 Å². The first-order valence-electron chi connectivity index (χ1n) is 4.87. The molecule has 0 saturated carbocycles. The minimum Gasteiger partial charge on any atom is -0.318 e. The van der Waals surface area contributed by atoms with Crippen molar-refractivity contribution in [2.45, 2.75) is 13.5 Å². The summed E-state index contributed by atoms with van der Waals surface area (Å²) in [5.74, 6) is 0. The monoisotopic (exact) mass is 231 g/mol. The van der Waals surface area contributed by atoms with Gasteiger partial charge in [-0.25, -0.2) is 4.98 Å². The van der Waals surface area contributed by atoms with Crippen molar-refractivity contribution < 1.29 is 0 Å². The molecule has 3 nitrogen and oxygen atoms in total. The van der Waals surface area contributed by atoms with Crippen molar-refractivity contribution in [1.29, 1.82) is 5.26 Å². The van der Waals surface area contributed by atoms with Crippen molar-refractivity contribution in [2.75, 3.05) is 0 Å². The maximum Gasteiger partial charge on any atom is 0.143 e. The fourth-order valence-corrected chi connectivity index (χ4v) is 1.75. The molecule has 0 spiro atoms. The number of aromatic nitrogens is 2. The Bertz CT molecular complexity index is 552. The Balaban J connectivity index is 2.35. The minimum absolute atomic E-state index is 0.573. The molecule has 0 radical (unpaired) electrons. The van der Waals surface area contributed by atoms with Gasteiger partial charge in [-0.2, -0.15) is 5.26 Å². The summed E-state index contributed by atoms with van der Waals surface area (Å²) in [6.07, 6.45) is 1.66. The maximum atomic E-state index is 8.99. The van der Waals surface area contributed by atoms with Crippen LogP contribution in [-0.2, 0) is 6.54 Å². The second kappa shape index (κ2) is 4.38. The molecule has 0 aliphatic carbocycles. The first kappa shape index (κ1) is 10.7. The van der Waals surface area contributed by atoms with E-state index in [1.165, 1.54) is 0 Å². The highest BCUT2D eigenvalue weighted by atomic mass is 35.5. The van der Waals surface area contributed by atoms with Crippen LogP contribution in [0.25, 0.3) is 0 Å². The van der Waals surface area contributed by atoms with Gasteiger partial charge < -0.3 is 4.57 Å². The fourth-order valence-electron chi connectivity index (χ4n) is 1.56. The predicted octanol–water partition coefficient (Wildman–Crippen LogP) is 2.76. The second-order valence-electron chi connectivity index (χ2n) is 3.51. The van der Waals surface area contributed by atoms with Crippen LogP contribution in [0.3, 0.4) is 0 Å². The molecule has 0 bridgehead atoms. The van der Waals surface area contributed by atoms with E-state index in [2.05, 4.69) is 11.1 Å². The van der Waals surface area contributed by atoms with E-state index in [-0.39, 0.29) is 0 Å². The second-order valence-corrected chi connectivity index (χ2v) is 3.92. The number of hydrogen-bond donors (Lipinski definition) is 0. The minimum atomic E-state index is 0.573. The number of imidazole rings is 1. The van der Waals surface area contributed by atoms with E-state index in [4.69, 9.17) is 16.9 Å². The molecule has 2 rings (SSSR count). The fraction of sp³-hybridized carbons (Fsp3) is 0.167. The van der Waals surface area contributed by atoms with Crippen LogP contribution in [-0.4, -0.2) is 9.55 Å². The summed E-state index contributed by atoms with van der Waals surface area (Å²) < 4.78 is 1.80. The molecule has 0 N–H and O–H groups in total. The molecule has 0 saturated heterocycles. The summed E-state index contributed by atoms with van der Waals surface area (Å²) in [5.41, 5.74) is 2.31. The molecule has 0 aliphatic rings. The molecule has 4 heteroatoms. The van der Waals surface area contributed by atoms with Crippen LogP contribution in [0.5, 0.6) is 0 Å². The highest BCUT2D eigenvalue weighted by Crippen LogP contribution is 2.17. The first-order chi connectivity index (χ1) is 7.72. The van der Waals surface area contributed by atoms with Gasteiger partial charge in [0.05, 0.1) is 18.6 Å². The smallest absolute Gasteiger partial charge is 0.143 e. The van der Waals surface area contributed by atoms with E-state index >= 15 is 0 Å². The van der Waals surface area contributed by atoms with E-state index in [1.54, 1.807) is 10.9 Å². The van der Waals surface area contributed by atoms with Gasteiger partial charge in [-0.1, -0.05) is 29.8 Å². The molecule has 0 atom stereocenters. The van der Waals surface area contributed by atoms with Gasteiger partial charge in [0.25, 0.3) is 0 Å². The van der Waals surface area contributed by atoms with Gasteiger partial charge in [0, 0.05) is 5.02 Å². The summed E-state index contributed by atoms with van der Waals surface area (Å²) in [4.78, 5) is 4.11. The van der Waals surface area contributed by atoms with Crippen LogP contribution in [0.15, 0.2) is 30.6 Å². The first-order valence-corrected chi connectivity index (χ1v) is 5.25. The molecule has 80 valence electrons. The lowest BCUT2D eigenvalue weighted by Crippen LogP contribution is -2.01. The summed E-state index contributed by atoms with van der Waals surface area (Å²) in [5, 5.41) is 9.70. The Labute approximate surface area is 98.9 Å². The average Bonchev–Trinajstić information content (AvgIpc) is 2.63. The van der Waals surface area contributed by atoms with Crippen LogP contribution in [0.2, 0.25) is 5.02 Å². The summed E-state index contributed by atoms with van der Waals surface area (Å²) in [7, 11) is 0. The maximum absolute atomic E-state index is 8.99. The normalized spacial score (nSPS) is 10.1. The van der Waals surface area contributed by atoms with Crippen molar-refractivity contribution in [2.24, 2.45) is 0 Å². The lowest BCUT2D eigenvalue weighted by molar-refractivity contribution is 0.785. The SMILES string of the molecule is Cc1ncn(Cc2ccccc2Cl)c1C#N. The van der Waals surface area contributed by atoms with Crippen molar-refractivity contribution in [3.63, 3.8) is 0 Å². The molecule has 16 heavy (non-hydrogen) atoms. The van der Waals surface area contributed by atoms with Crippen LogP contribution in [0, 0.1) is 18.3 Å². The van der Waals surface area contributed by atoms with E-state index in [0.717, 1.165) is 11.3 Å². The molecule has 2 aromatic rings. The van der Waals surface area contributed by atoms with E-state index in [0.29, 0.717) is 17.3 Å². The number of nitriles is 1. The Hall–Kier alpha value is -1.79. The van der Waals surface area contributed by atoms with Gasteiger partial charge in [-0.15, -0.1) is 0 Å². The van der Waals surface area contributed by atoms with E-state index in [1.807, 2.05) is 31.2 Å². The number of aryl methyl sites for hydroxylation is 1. The van der Waals surface area contributed by atoms with Gasteiger partial charge in [-0.3, -0.25) is 0 Å². The summed E-state index contributed by atoms with van der Waals surface area (Å²) in [6, 6.07) is 9.74. The zero-order valence-corrected chi connectivity index (χ0v) is 9.57. The molecule has 0 unspecified atom stereocenters. The Morgan fingerprint density at radius 1 is 1.44 bits per heavy atom. The zero-order chi connectivity index (χ0) is 11.5. The van der Waals surface area contributed by atoms with Crippen molar-refractivity contribution in [1.82, 2.24) is 9.55 Å². The largest absolute Gasteiger partial charge is 0.318 e. The number of nitrogens with zero attached hydrogens (tertiary/aromatic N) is 3. The van der Waals surface area contributed by atoms with Crippen molar-refractivity contribution >= 4 is 11.6 Å². The molecule has 1 heterocycles. The summed E-state index contributed by atoms with van der Waals surface area (Å²) in [6.45, 7) is 2.39. The van der Waals surface area contributed by atoms with E-state index in [9.17, 15) is 0 Å². The number of hydrogen-bond acceptors (Lipinski definition) is 2. The van der Waals surface area contributed by atoms with Gasteiger partial charge in [-0.05, 0) is 18.6 Å². The molecule has 1 aromatic heterocycles. The third-order valence-corrected chi connectivity index (χ3v) is 2.79. The average molecular weight is 232 g/mol.